The number of amides is 2. The normalized spacial score (nSPS) is 18.1. The number of anilines is 1. The van der Waals surface area contributed by atoms with Crippen LogP contribution in [0.4, 0.5) is 5.69 Å². The van der Waals surface area contributed by atoms with E-state index in [1.165, 1.54) is 24.8 Å². The third-order valence-corrected chi connectivity index (χ3v) is 3.93. The monoisotopic (exact) mass is 288 g/mol. The lowest BCUT2D eigenvalue weighted by atomic mass is 9.98. The Balaban J connectivity index is 1.82. The van der Waals surface area contributed by atoms with E-state index < -0.39 is 0 Å². The van der Waals surface area contributed by atoms with Crippen molar-refractivity contribution in [3.63, 3.8) is 0 Å². The summed E-state index contributed by atoms with van der Waals surface area (Å²) in [6, 6.07) is 8.07. The molecule has 2 amide bonds. The molecule has 1 unspecified atom stereocenters. The lowest BCUT2D eigenvalue weighted by Crippen LogP contribution is -2.40. The molecule has 4 heteroatoms. The third kappa shape index (κ3) is 4.88. The van der Waals surface area contributed by atoms with E-state index in [1.807, 2.05) is 12.1 Å². The molecular weight excluding hydrogens is 264 g/mol. The first kappa shape index (κ1) is 15.5. The molecule has 114 valence electrons. The topological polar surface area (TPSA) is 58.2 Å². The Morgan fingerprint density at radius 1 is 1.29 bits per heavy atom. The number of carbonyl (C=O) groups excluding carboxylic acids is 2. The summed E-state index contributed by atoms with van der Waals surface area (Å²) in [7, 11) is 0. The zero-order valence-electron chi connectivity index (χ0n) is 12.7. The predicted octanol–water partition coefficient (Wildman–Crippen LogP) is 2.88. The minimum Gasteiger partial charge on any atom is -0.355 e. The summed E-state index contributed by atoms with van der Waals surface area (Å²) < 4.78 is 0. The second-order valence-electron chi connectivity index (χ2n) is 5.68. The van der Waals surface area contributed by atoms with Crippen LogP contribution in [-0.2, 0) is 16.0 Å². The number of carbonyl (C=O) groups is 2. The smallest absolute Gasteiger partial charge is 0.229 e. The zero-order valence-corrected chi connectivity index (χ0v) is 12.7. The zero-order chi connectivity index (χ0) is 15.1. The van der Waals surface area contributed by atoms with Crippen molar-refractivity contribution in [3.05, 3.63) is 29.8 Å². The van der Waals surface area contributed by atoms with Crippen LogP contribution < -0.4 is 10.6 Å². The Labute approximate surface area is 126 Å². The van der Waals surface area contributed by atoms with Crippen molar-refractivity contribution in [2.24, 2.45) is 5.92 Å². The summed E-state index contributed by atoms with van der Waals surface area (Å²) in [5.41, 5.74) is 2.14. The molecule has 4 nitrogen and oxygen atoms in total. The van der Waals surface area contributed by atoms with Crippen LogP contribution >= 0.6 is 0 Å². The second kappa shape index (κ2) is 7.81. The van der Waals surface area contributed by atoms with E-state index in [-0.39, 0.29) is 17.7 Å². The molecule has 2 N–H and O–H groups in total. The first-order valence-electron chi connectivity index (χ1n) is 7.85. The van der Waals surface area contributed by atoms with Gasteiger partial charge in [0.1, 0.15) is 0 Å². The molecule has 0 bridgehead atoms. The van der Waals surface area contributed by atoms with Gasteiger partial charge in [-0.3, -0.25) is 9.59 Å². The Kier molecular flexibility index (Phi) is 5.78. The van der Waals surface area contributed by atoms with Gasteiger partial charge >= 0.3 is 0 Å². The van der Waals surface area contributed by atoms with Gasteiger partial charge in [-0.1, -0.05) is 31.9 Å². The number of piperidine rings is 1. The molecule has 21 heavy (non-hydrogen) atoms. The summed E-state index contributed by atoms with van der Waals surface area (Å²) >= 11 is 0. The standard InChI is InChI=1S/C17H24N2O2/c1-2-3-4-5-13-6-9-15(10-7-13)19-17(21)14-8-11-16(20)18-12-14/h6-7,9-10,14H,2-5,8,11-12H2,1H3,(H,18,20)(H,19,21). The molecule has 1 heterocycles. The summed E-state index contributed by atoms with van der Waals surface area (Å²) in [5, 5.41) is 5.67. The van der Waals surface area contributed by atoms with Gasteiger partial charge in [0, 0.05) is 18.7 Å². The SMILES string of the molecule is CCCCCc1ccc(NC(=O)C2CCC(=O)NC2)cc1. The van der Waals surface area contributed by atoms with Gasteiger partial charge in [-0.2, -0.15) is 0 Å². The summed E-state index contributed by atoms with van der Waals surface area (Å²) in [5.74, 6) is -0.0869. The molecule has 1 atom stereocenters. The van der Waals surface area contributed by atoms with Crippen LogP contribution in [0.1, 0.15) is 44.6 Å². The van der Waals surface area contributed by atoms with E-state index in [0.717, 1.165) is 12.1 Å². The molecule has 0 aliphatic carbocycles. The van der Waals surface area contributed by atoms with Gasteiger partial charge in [-0.25, -0.2) is 0 Å². The highest BCUT2D eigenvalue weighted by atomic mass is 16.2. The van der Waals surface area contributed by atoms with Gasteiger partial charge in [-0.05, 0) is 37.0 Å². The van der Waals surface area contributed by atoms with E-state index in [4.69, 9.17) is 0 Å². The van der Waals surface area contributed by atoms with Crippen molar-refractivity contribution in [3.8, 4) is 0 Å². The van der Waals surface area contributed by atoms with Gasteiger partial charge in [-0.15, -0.1) is 0 Å². The number of rotatable bonds is 6. The second-order valence-corrected chi connectivity index (χ2v) is 5.68. The van der Waals surface area contributed by atoms with Crippen LogP contribution in [0.15, 0.2) is 24.3 Å². The molecule has 1 aromatic carbocycles. The molecule has 0 radical (unpaired) electrons. The van der Waals surface area contributed by atoms with Crippen molar-refractivity contribution in [1.29, 1.82) is 0 Å². The Morgan fingerprint density at radius 2 is 2.05 bits per heavy atom. The van der Waals surface area contributed by atoms with Gasteiger partial charge in [0.15, 0.2) is 0 Å². The average molecular weight is 288 g/mol. The highest BCUT2D eigenvalue weighted by molar-refractivity contribution is 5.94. The fourth-order valence-electron chi connectivity index (χ4n) is 2.53. The van der Waals surface area contributed by atoms with Gasteiger partial charge in [0.25, 0.3) is 0 Å². The van der Waals surface area contributed by atoms with Crippen LogP contribution in [-0.4, -0.2) is 18.4 Å². The third-order valence-electron chi connectivity index (χ3n) is 3.93. The Hall–Kier alpha value is -1.84. The fraction of sp³-hybridized carbons (Fsp3) is 0.529. The maximum Gasteiger partial charge on any atom is 0.229 e. The van der Waals surface area contributed by atoms with Crippen molar-refractivity contribution >= 4 is 17.5 Å². The maximum atomic E-state index is 12.1. The number of hydrogen-bond acceptors (Lipinski definition) is 2. The lowest BCUT2D eigenvalue weighted by Gasteiger charge is -2.21. The van der Waals surface area contributed by atoms with E-state index in [1.54, 1.807) is 0 Å². The summed E-state index contributed by atoms with van der Waals surface area (Å²) in [6.45, 7) is 2.64. The fourth-order valence-corrected chi connectivity index (χ4v) is 2.53. The van der Waals surface area contributed by atoms with Crippen LogP contribution in [0.25, 0.3) is 0 Å². The van der Waals surface area contributed by atoms with Crippen LogP contribution in [0.3, 0.4) is 0 Å². The van der Waals surface area contributed by atoms with Crippen LogP contribution in [0, 0.1) is 5.92 Å². The van der Waals surface area contributed by atoms with E-state index >= 15 is 0 Å². The Morgan fingerprint density at radius 3 is 2.67 bits per heavy atom. The predicted molar refractivity (Wildman–Crippen MR) is 84.0 cm³/mol. The highest BCUT2D eigenvalue weighted by Crippen LogP contribution is 2.16. The summed E-state index contributed by atoms with van der Waals surface area (Å²) in [4.78, 5) is 23.2. The molecular formula is C17H24N2O2. The number of hydrogen-bond donors (Lipinski definition) is 2. The van der Waals surface area contributed by atoms with E-state index in [2.05, 4.69) is 29.7 Å². The molecule has 1 aliphatic rings. The molecule has 0 spiro atoms. The lowest BCUT2D eigenvalue weighted by molar-refractivity contribution is -0.126. The van der Waals surface area contributed by atoms with Crippen LogP contribution in [0.5, 0.6) is 0 Å². The number of nitrogens with one attached hydrogen (secondary N) is 2. The van der Waals surface area contributed by atoms with Crippen molar-refractivity contribution in [1.82, 2.24) is 5.32 Å². The molecule has 0 saturated carbocycles. The maximum absolute atomic E-state index is 12.1. The average Bonchev–Trinajstić information content (AvgIpc) is 2.50. The molecule has 1 fully saturated rings. The largest absolute Gasteiger partial charge is 0.355 e. The van der Waals surface area contributed by atoms with Gasteiger partial charge in [0.2, 0.25) is 11.8 Å². The minimum atomic E-state index is -0.119. The molecule has 1 aromatic rings. The minimum absolute atomic E-state index is 0.00580. The van der Waals surface area contributed by atoms with Crippen LogP contribution in [0.2, 0.25) is 0 Å². The first-order valence-corrected chi connectivity index (χ1v) is 7.85. The Bertz CT molecular complexity index is 472. The first-order chi connectivity index (χ1) is 10.2. The molecule has 0 aromatic heterocycles. The van der Waals surface area contributed by atoms with E-state index in [9.17, 15) is 9.59 Å². The quantitative estimate of drug-likeness (QED) is 0.791. The number of unbranched alkanes of at least 4 members (excludes halogenated alkanes) is 2. The molecule has 1 saturated heterocycles. The van der Waals surface area contributed by atoms with Gasteiger partial charge in [0.05, 0.1) is 5.92 Å². The number of aryl methyl sites for hydroxylation is 1. The van der Waals surface area contributed by atoms with E-state index in [0.29, 0.717) is 19.4 Å². The van der Waals surface area contributed by atoms with Gasteiger partial charge < -0.3 is 10.6 Å². The van der Waals surface area contributed by atoms with Crippen molar-refractivity contribution < 1.29 is 9.59 Å². The van der Waals surface area contributed by atoms with Crippen molar-refractivity contribution in [2.75, 3.05) is 11.9 Å². The summed E-state index contributed by atoms with van der Waals surface area (Å²) in [6.07, 6.45) is 5.86. The molecule has 1 aliphatic heterocycles. The number of benzene rings is 1. The van der Waals surface area contributed by atoms with Crippen molar-refractivity contribution in [2.45, 2.75) is 45.4 Å². The molecule has 2 rings (SSSR count). The highest BCUT2D eigenvalue weighted by Gasteiger charge is 2.24.